The van der Waals surface area contributed by atoms with E-state index in [1.54, 1.807) is 14.1 Å². The molecule has 0 saturated carbocycles. The highest BCUT2D eigenvalue weighted by molar-refractivity contribution is 9.10. The average molecular weight is 449 g/mol. The van der Waals surface area contributed by atoms with Crippen LogP contribution in [0, 0.1) is 0 Å². The lowest BCUT2D eigenvalue weighted by Gasteiger charge is -2.28. The van der Waals surface area contributed by atoms with E-state index in [-0.39, 0.29) is 5.11 Å². The van der Waals surface area contributed by atoms with Gasteiger partial charge >= 0.3 is 6.03 Å². The number of hydrogen-bond donors (Lipinski definition) is 3. The summed E-state index contributed by atoms with van der Waals surface area (Å²) in [5, 5.41) is 8.43. The summed E-state index contributed by atoms with van der Waals surface area (Å²) in [6, 6.07) is 6.92. The number of benzene rings is 1. The van der Waals surface area contributed by atoms with E-state index in [0.29, 0.717) is 0 Å². The molecule has 1 rings (SSSR count). The van der Waals surface area contributed by atoms with E-state index in [1.807, 2.05) is 24.3 Å². The van der Waals surface area contributed by atoms with Crippen molar-refractivity contribution in [3.05, 3.63) is 28.7 Å². The Labute approximate surface area is 157 Å². The number of carbonyl (C=O) groups excluding carboxylic acids is 1. The molecule has 0 saturated heterocycles. The number of nitrogens with zero attached hydrogens (tertiary/aromatic N) is 1. The molecule has 0 fully saturated rings. The Morgan fingerprint density at radius 2 is 1.77 bits per heavy atom. The maximum Gasteiger partial charge on any atom is 0.318 e. The first kappa shape index (κ1) is 19.6. The van der Waals surface area contributed by atoms with E-state index < -0.39 is 16.0 Å². The van der Waals surface area contributed by atoms with E-state index >= 15 is 0 Å². The zero-order chi connectivity index (χ0) is 16.9. The second-order valence-corrected chi connectivity index (χ2v) is 8.12. The van der Waals surface area contributed by atoms with Crippen LogP contribution in [0.2, 0.25) is 0 Å². The Hall–Kier alpha value is -0.470. The van der Waals surface area contributed by atoms with Crippen LogP contribution in [-0.4, -0.2) is 40.1 Å². The lowest BCUT2D eigenvalue weighted by molar-refractivity contribution is 0.212. The Kier molecular flexibility index (Phi) is 7.48. The first-order valence-corrected chi connectivity index (χ1v) is 8.30. The minimum atomic E-state index is -1.78. The van der Waals surface area contributed by atoms with Crippen LogP contribution >= 0.6 is 63.0 Å². The average Bonchev–Trinajstić information content (AvgIpc) is 2.39. The summed E-state index contributed by atoms with van der Waals surface area (Å²) in [6.07, 6.45) is -0.997. The summed E-state index contributed by atoms with van der Waals surface area (Å²) in [6.45, 7) is 0. The lowest BCUT2D eigenvalue weighted by Crippen LogP contribution is -2.57. The molecule has 0 heterocycles. The topological polar surface area (TPSA) is 56.4 Å². The number of anilines is 1. The summed E-state index contributed by atoms with van der Waals surface area (Å²) >= 11 is 26.1. The van der Waals surface area contributed by atoms with Gasteiger partial charge in [-0.1, -0.05) is 50.7 Å². The second kappa shape index (κ2) is 8.40. The van der Waals surface area contributed by atoms with Crippen molar-refractivity contribution in [2.24, 2.45) is 0 Å². The van der Waals surface area contributed by atoms with Gasteiger partial charge in [0.05, 0.1) is 0 Å². The molecule has 122 valence electrons. The van der Waals surface area contributed by atoms with Crippen LogP contribution in [0.3, 0.4) is 0 Å². The van der Waals surface area contributed by atoms with E-state index in [2.05, 4.69) is 31.9 Å². The largest absolute Gasteiger partial charge is 0.339 e. The van der Waals surface area contributed by atoms with Gasteiger partial charge in [-0.25, -0.2) is 4.79 Å². The van der Waals surface area contributed by atoms with Crippen LogP contribution < -0.4 is 16.0 Å². The monoisotopic (exact) mass is 446 g/mol. The molecule has 2 amide bonds. The van der Waals surface area contributed by atoms with Crippen LogP contribution in [0.1, 0.15) is 0 Å². The minimum absolute atomic E-state index is 0.206. The molecule has 1 unspecified atom stereocenters. The highest BCUT2D eigenvalue weighted by Crippen LogP contribution is 2.29. The Balaban J connectivity index is 2.70. The number of amides is 2. The number of hydrogen-bond acceptors (Lipinski definition) is 2. The van der Waals surface area contributed by atoms with Gasteiger partial charge in [-0.15, -0.1) is 0 Å². The molecule has 0 aromatic heterocycles. The fourth-order valence-corrected chi connectivity index (χ4v) is 2.11. The van der Waals surface area contributed by atoms with Crippen molar-refractivity contribution in [1.82, 2.24) is 15.5 Å². The molecule has 0 bridgehead atoms. The van der Waals surface area contributed by atoms with Gasteiger partial charge < -0.3 is 20.9 Å². The third kappa shape index (κ3) is 6.75. The fourth-order valence-electron chi connectivity index (χ4n) is 1.28. The third-order valence-corrected chi connectivity index (χ3v) is 3.78. The van der Waals surface area contributed by atoms with Crippen LogP contribution in [0.25, 0.3) is 0 Å². The van der Waals surface area contributed by atoms with Crippen molar-refractivity contribution >= 4 is 79.8 Å². The predicted molar refractivity (Wildman–Crippen MR) is 99.8 cm³/mol. The number of thiocarbonyl (C=S) groups is 1. The molecule has 0 aliphatic rings. The molecule has 0 aliphatic carbocycles. The molecule has 1 aromatic carbocycles. The molecular formula is C12H14BrCl3N4OS. The van der Waals surface area contributed by atoms with Crippen molar-refractivity contribution in [3.63, 3.8) is 0 Å². The molecule has 1 atom stereocenters. The first-order valence-electron chi connectivity index (χ1n) is 5.97. The van der Waals surface area contributed by atoms with Gasteiger partial charge in [-0.05, 0) is 36.5 Å². The molecule has 10 heteroatoms. The summed E-state index contributed by atoms with van der Waals surface area (Å²) in [7, 11) is 3.15. The molecule has 3 N–H and O–H groups in total. The number of carbonyl (C=O) groups is 1. The van der Waals surface area contributed by atoms with Crippen LogP contribution in [0.4, 0.5) is 10.5 Å². The zero-order valence-corrected chi connectivity index (χ0v) is 16.3. The van der Waals surface area contributed by atoms with Gasteiger partial charge in [0, 0.05) is 24.3 Å². The molecular weight excluding hydrogens is 434 g/mol. The lowest BCUT2D eigenvalue weighted by atomic mass is 10.3. The second-order valence-electron chi connectivity index (χ2n) is 4.42. The normalized spacial score (nSPS) is 12.3. The van der Waals surface area contributed by atoms with Crippen molar-refractivity contribution in [1.29, 1.82) is 0 Å². The summed E-state index contributed by atoms with van der Waals surface area (Å²) in [4.78, 5) is 13.0. The van der Waals surface area contributed by atoms with E-state index in [4.69, 9.17) is 47.0 Å². The standard InChI is InChI=1S/C12H14BrCl3N4OS/c1-20(2)11(21)19-9(12(14,15)16)18-10(22)17-8-5-3-7(13)4-6-8/h3-6,9H,1-2H3,(H,19,21)(H2,17,18,22). The zero-order valence-electron chi connectivity index (χ0n) is 11.7. The fraction of sp³-hybridized carbons (Fsp3) is 0.333. The highest BCUT2D eigenvalue weighted by Gasteiger charge is 2.35. The third-order valence-electron chi connectivity index (χ3n) is 2.38. The van der Waals surface area contributed by atoms with E-state index in [0.717, 1.165) is 10.2 Å². The van der Waals surface area contributed by atoms with Gasteiger partial charge in [0.15, 0.2) is 11.3 Å². The molecule has 0 radical (unpaired) electrons. The number of halogens is 4. The molecule has 0 aliphatic heterocycles. The van der Waals surface area contributed by atoms with Gasteiger partial charge in [-0.3, -0.25) is 0 Å². The smallest absolute Gasteiger partial charge is 0.318 e. The Morgan fingerprint density at radius 3 is 2.23 bits per heavy atom. The number of urea groups is 1. The van der Waals surface area contributed by atoms with E-state index in [1.165, 1.54) is 4.90 Å². The molecule has 0 spiro atoms. The highest BCUT2D eigenvalue weighted by atomic mass is 79.9. The summed E-state index contributed by atoms with van der Waals surface area (Å²) in [5.74, 6) is 0. The molecule has 22 heavy (non-hydrogen) atoms. The molecule has 1 aromatic rings. The summed E-state index contributed by atoms with van der Waals surface area (Å²) < 4.78 is -0.841. The van der Waals surface area contributed by atoms with Crippen LogP contribution in [0.15, 0.2) is 28.7 Å². The van der Waals surface area contributed by atoms with Gasteiger partial charge in [0.25, 0.3) is 0 Å². The number of alkyl halides is 3. The van der Waals surface area contributed by atoms with Crippen molar-refractivity contribution in [2.45, 2.75) is 9.96 Å². The quantitative estimate of drug-likeness (QED) is 0.375. The predicted octanol–water partition coefficient (Wildman–Crippen LogP) is 3.70. The molecule has 5 nitrogen and oxygen atoms in total. The number of rotatable bonds is 3. The minimum Gasteiger partial charge on any atom is -0.339 e. The van der Waals surface area contributed by atoms with E-state index in [9.17, 15) is 4.79 Å². The number of nitrogens with one attached hydrogen (secondary N) is 3. The first-order chi connectivity index (χ1) is 10.1. The Morgan fingerprint density at radius 1 is 1.23 bits per heavy atom. The Bertz CT molecular complexity index is 536. The van der Waals surface area contributed by atoms with Crippen molar-refractivity contribution < 1.29 is 4.79 Å². The van der Waals surface area contributed by atoms with Gasteiger partial charge in [0.2, 0.25) is 3.79 Å². The van der Waals surface area contributed by atoms with Gasteiger partial charge in [-0.2, -0.15) is 0 Å². The van der Waals surface area contributed by atoms with Crippen LogP contribution in [0.5, 0.6) is 0 Å². The van der Waals surface area contributed by atoms with Crippen LogP contribution in [-0.2, 0) is 0 Å². The van der Waals surface area contributed by atoms with Gasteiger partial charge in [0.1, 0.15) is 0 Å². The maximum absolute atomic E-state index is 11.7. The maximum atomic E-state index is 11.7. The SMILES string of the molecule is CN(C)C(=O)NC(NC(=S)Nc1ccc(Br)cc1)C(Cl)(Cl)Cl. The van der Waals surface area contributed by atoms with Crippen molar-refractivity contribution in [2.75, 3.05) is 19.4 Å². The summed E-state index contributed by atoms with van der Waals surface area (Å²) in [5.41, 5.74) is 0.753. The van der Waals surface area contributed by atoms with Crippen molar-refractivity contribution in [3.8, 4) is 0 Å².